The van der Waals surface area contributed by atoms with Crippen LogP contribution in [0.15, 0.2) is 53.8 Å². The number of benzene rings is 1. The van der Waals surface area contributed by atoms with E-state index in [1.807, 2.05) is 24.3 Å². The van der Waals surface area contributed by atoms with E-state index in [0.717, 1.165) is 37.8 Å². The minimum Gasteiger partial charge on any atom is -0.494 e. The third kappa shape index (κ3) is 7.72. The fourth-order valence-electron chi connectivity index (χ4n) is 2.15. The predicted octanol–water partition coefficient (Wildman–Crippen LogP) is 3.05. The molecule has 0 radical (unpaired) electrons. The minimum absolute atomic E-state index is 0. The number of nitrogens with zero attached hydrogens (tertiary/aromatic N) is 2. The number of hydrogen-bond acceptors (Lipinski definition) is 2. The van der Waals surface area contributed by atoms with E-state index in [4.69, 9.17) is 4.74 Å². The summed E-state index contributed by atoms with van der Waals surface area (Å²) in [5.74, 6) is 1.75. The SMILES string of the molecule is CN=C(NCCCOc1ccc(C)cc1)NCCn1cccc1.I. The number of aromatic nitrogens is 1. The molecule has 5 nitrogen and oxygen atoms in total. The lowest BCUT2D eigenvalue weighted by atomic mass is 10.2. The zero-order valence-corrected chi connectivity index (χ0v) is 16.7. The maximum atomic E-state index is 5.70. The second-order valence-electron chi connectivity index (χ2n) is 5.36. The van der Waals surface area contributed by atoms with Crippen LogP contribution < -0.4 is 15.4 Å². The van der Waals surface area contributed by atoms with Gasteiger partial charge in [0.15, 0.2) is 5.96 Å². The van der Waals surface area contributed by atoms with E-state index in [1.54, 1.807) is 7.05 Å². The van der Waals surface area contributed by atoms with Gasteiger partial charge < -0.3 is 19.9 Å². The molecule has 1 aromatic heterocycles. The summed E-state index contributed by atoms with van der Waals surface area (Å²) in [5.41, 5.74) is 1.24. The Morgan fingerprint density at radius 1 is 1.08 bits per heavy atom. The smallest absolute Gasteiger partial charge is 0.191 e. The van der Waals surface area contributed by atoms with E-state index >= 15 is 0 Å². The molecule has 0 aliphatic carbocycles. The molecular weight excluding hydrogens is 415 g/mol. The molecule has 0 spiro atoms. The monoisotopic (exact) mass is 442 g/mol. The van der Waals surface area contributed by atoms with Crippen molar-refractivity contribution in [1.29, 1.82) is 0 Å². The highest BCUT2D eigenvalue weighted by Crippen LogP contribution is 2.11. The molecule has 2 aromatic rings. The van der Waals surface area contributed by atoms with E-state index in [2.05, 4.69) is 51.6 Å². The Labute approximate surface area is 161 Å². The fraction of sp³-hybridized carbons (Fsp3) is 0.389. The first-order valence-electron chi connectivity index (χ1n) is 8.02. The summed E-state index contributed by atoms with van der Waals surface area (Å²) in [6.45, 7) is 5.35. The van der Waals surface area contributed by atoms with Crippen LogP contribution in [0.4, 0.5) is 0 Å². The van der Waals surface area contributed by atoms with Crippen LogP contribution in [0.25, 0.3) is 0 Å². The van der Waals surface area contributed by atoms with E-state index in [1.165, 1.54) is 5.56 Å². The van der Waals surface area contributed by atoms with E-state index < -0.39 is 0 Å². The van der Waals surface area contributed by atoms with Crippen molar-refractivity contribution >= 4 is 29.9 Å². The van der Waals surface area contributed by atoms with Crippen molar-refractivity contribution in [3.05, 3.63) is 54.4 Å². The van der Waals surface area contributed by atoms with Crippen molar-refractivity contribution in [2.24, 2.45) is 4.99 Å². The van der Waals surface area contributed by atoms with Crippen molar-refractivity contribution in [3.8, 4) is 5.75 Å². The van der Waals surface area contributed by atoms with Crippen LogP contribution >= 0.6 is 24.0 Å². The lowest BCUT2D eigenvalue weighted by Gasteiger charge is -2.12. The molecule has 1 aromatic carbocycles. The molecule has 0 bridgehead atoms. The minimum atomic E-state index is 0. The first-order valence-corrected chi connectivity index (χ1v) is 8.02. The number of aryl methyl sites for hydroxylation is 1. The van der Waals surface area contributed by atoms with Gasteiger partial charge in [0, 0.05) is 39.1 Å². The fourth-order valence-corrected chi connectivity index (χ4v) is 2.15. The van der Waals surface area contributed by atoms with Gasteiger partial charge >= 0.3 is 0 Å². The quantitative estimate of drug-likeness (QED) is 0.286. The molecule has 132 valence electrons. The Morgan fingerprint density at radius 3 is 2.42 bits per heavy atom. The number of hydrogen-bond donors (Lipinski definition) is 2. The Balaban J connectivity index is 0.00000288. The van der Waals surface area contributed by atoms with Crippen molar-refractivity contribution < 1.29 is 4.74 Å². The highest BCUT2D eigenvalue weighted by atomic mass is 127. The van der Waals surface area contributed by atoms with Crippen molar-refractivity contribution in [2.75, 3.05) is 26.7 Å². The molecule has 2 N–H and O–H groups in total. The summed E-state index contributed by atoms with van der Waals surface area (Å²) < 4.78 is 7.84. The summed E-state index contributed by atoms with van der Waals surface area (Å²) in [4.78, 5) is 4.22. The molecule has 24 heavy (non-hydrogen) atoms. The Morgan fingerprint density at radius 2 is 1.75 bits per heavy atom. The van der Waals surface area contributed by atoms with Crippen LogP contribution in [0, 0.1) is 6.92 Å². The van der Waals surface area contributed by atoms with Crippen LogP contribution in [-0.2, 0) is 6.54 Å². The molecule has 2 rings (SSSR count). The Bertz CT molecular complexity index is 582. The van der Waals surface area contributed by atoms with Crippen LogP contribution in [0.3, 0.4) is 0 Å². The van der Waals surface area contributed by atoms with Gasteiger partial charge in [-0.15, -0.1) is 24.0 Å². The largest absolute Gasteiger partial charge is 0.494 e. The maximum absolute atomic E-state index is 5.70. The second kappa shape index (κ2) is 11.8. The summed E-state index contributed by atoms with van der Waals surface area (Å²) in [5, 5.41) is 6.59. The number of ether oxygens (including phenoxy) is 1. The number of guanidine groups is 1. The highest BCUT2D eigenvalue weighted by molar-refractivity contribution is 14.0. The molecule has 0 saturated heterocycles. The lowest BCUT2D eigenvalue weighted by Crippen LogP contribution is -2.39. The van der Waals surface area contributed by atoms with E-state index in [-0.39, 0.29) is 24.0 Å². The molecule has 0 unspecified atom stereocenters. The van der Waals surface area contributed by atoms with Gasteiger partial charge in [0.2, 0.25) is 0 Å². The van der Waals surface area contributed by atoms with Gasteiger partial charge in [0.25, 0.3) is 0 Å². The number of halogens is 1. The third-order valence-electron chi connectivity index (χ3n) is 3.46. The predicted molar refractivity (Wildman–Crippen MR) is 111 cm³/mol. The zero-order chi connectivity index (χ0) is 16.3. The van der Waals surface area contributed by atoms with Gasteiger partial charge in [0.05, 0.1) is 6.61 Å². The molecule has 0 fully saturated rings. The Kier molecular flexibility index (Phi) is 9.98. The summed E-state index contributed by atoms with van der Waals surface area (Å²) in [6, 6.07) is 12.2. The van der Waals surface area contributed by atoms with Crippen LogP contribution in [-0.4, -0.2) is 37.3 Å². The molecule has 0 amide bonds. The van der Waals surface area contributed by atoms with Gasteiger partial charge in [-0.25, -0.2) is 0 Å². The van der Waals surface area contributed by atoms with Crippen LogP contribution in [0.2, 0.25) is 0 Å². The first-order chi connectivity index (χ1) is 11.3. The second-order valence-corrected chi connectivity index (χ2v) is 5.36. The number of aliphatic imine (C=N–C) groups is 1. The summed E-state index contributed by atoms with van der Waals surface area (Å²) in [7, 11) is 1.79. The number of nitrogens with one attached hydrogen (secondary N) is 2. The maximum Gasteiger partial charge on any atom is 0.191 e. The molecule has 1 heterocycles. The molecule has 0 saturated carbocycles. The van der Waals surface area contributed by atoms with E-state index in [9.17, 15) is 0 Å². The van der Waals surface area contributed by atoms with Gasteiger partial charge in [0.1, 0.15) is 5.75 Å². The summed E-state index contributed by atoms with van der Waals surface area (Å²) in [6.07, 6.45) is 5.03. The van der Waals surface area contributed by atoms with Crippen molar-refractivity contribution in [2.45, 2.75) is 19.9 Å². The normalized spacial score (nSPS) is 10.8. The molecule has 0 aliphatic heterocycles. The lowest BCUT2D eigenvalue weighted by molar-refractivity contribution is 0.311. The molecule has 0 aliphatic rings. The first kappa shape index (κ1) is 20.3. The van der Waals surface area contributed by atoms with Gasteiger partial charge in [-0.2, -0.15) is 0 Å². The van der Waals surface area contributed by atoms with Crippen LogP contribution in [0.1, 0.15) is 12.0 Å². The standard InChI is InChI=1S/C18H26N4O.HI/c1-16-6-8-17(9-7-16)23-15-5-10-20-18(19-2)21-11-14-22-12-3-4-13-22;/h3-4,6-9,12-13H,5,10-11,14-15H2,1-2H3,(H2,19,20,21);1H. The van der Waals surface area contributed by atoms with E-state index in [0.29, 0.717) is 6.61 Å². The third-order valence-corrected chi connectivity index (χ3v) is 3.46. The molecular formula is C18H27IN4O. The Hall–Kier alpha value is -1.70. The topological polar surface area (TPSA) is 50.6 Å². The summed E-state index contributed by atoms with van der Waals surface area (Å²) >= 11 is 0. The van der Waals surface area contributed by atoms with Crippen molar-refractivity contribution in [1.82, 2.24) is 15.2 Å². The highest BCUT2D eigenvalue weighted by Gasteiger charge is 1.98. The van der Waals surface area contributed by atoms with Gasteiger partial charge in [-0.05, 0) is 37.6 Å². The average molecular weight is 442 g/mol. The van der Waals surface area contributed by atoms with Gasteiger partial charge in [-0.3, -0.25) is 4.99 Å². The van der Waals surface area contributed by atoms with Gasteiger partial charge in [-0.1, -0.05) is 17.7 Å². The van der Waals surface area contributed by atoms with Crippen LogP contribution in [0.5, 0.6) is 5.75 Å². The van der Waals surface area contributed by atoms with Crippen molar-refractivity contribution in [3.63, 3.8) is 0 Å². The average Bonchev–Trinajstić information content (AvgIpc) is 3.08. The number of rotatable bonds is 8. The zero-order valence-electron chi connectivity index (χ0n) is 14.4. The molecule has 6 heteroatoms. The molecule has 0 atom stereocenters.